The fourth-order valence-electron chi connectivity index (χ4n) is 3.16. The van der Waals surface area contributed by atoms with Crippen molar-refractivity contribution in [2.24, 2.45) is 0 Å². The third-order valence-corrected chi connectivity index (χ3v) is 4.76. The first-order valence-electron chi connectivity index (χ1n) is 9.47. The van der Waals surface area contributed by atoms with Crippen LogP contribution >= 0.6 is 12.4 Å². The molecule has 0 spiro atoms. The fourth-order valence-corrected chi connectivity index (χ4v) is 3.16. The van der Waals surface area contributed by atoms with E-state index in [-0.39, 0.29) is 29.5 Å². The van der Waals surface area contributed by atoms with Crippen LogP contribution < -0.4 is 5.32 Å². The molecular formula is C22H33ClFN3O. The predicted molar refractivity (Wildman–Crippen MR) is 116 cm³/mol. The van der Waals surface area contributed by atoms with Crippen molar-refractivity contribution in [3.63, 3.8) is 0 Å². The van der Waals surface area contributed by atoms with Crippen LogP contribution in [-0.4, -0.2) is 42.6 Å². The zero-order chi connectivity index (χ0) is 20.2. The molecule has 0 saturated carbocycles. The van der Waals surface area contributed by atoms with E-state index in [1.54, 1.807) is 0 Å². The molecule has 1 aromatic carbocycles. The molecule has 1 amide bonds. The van der Waals surface area contributed by atoms with Gasteiger partial charge in [0.1, 0.15) is 5.82 Å². The maximum Gasteiger partial charge on any atom is 0.253 e. The largest absolute Gasteiger partial charge is 0.351 e. The highest BCUT2D eigenvalue weighted by atomic mass is 35.5. The molecule has 156 valence electrons. The topological polar surface area (TPSA) is 37.3 Å². The van der Waals surface area contributed by atoms with E-state index in [1.165, 1.54) is 12.1 Å². The average Bonchev–Trinajstić information content (AvgIpc) is 2.91. The summed E-state index contributed by atoms with van der Waals surface area (Å²) in [6, 6.07) is 8.64. The van der Waals surface area contributed by atoms with Crippen molar-refractivity contribution in [2.45, 2.75) is 46.1 Å². The van der Waals surface area contributed by atoms with E-state index in [9.17, 15) is 9.18 Å². The molecule has 2 rings (SSSR count). The number of hydrogen-bond acceptors (Lipinski definition) is 2. The summed E-state index contributed by atoms with van der Waals surface area (Å²) in [6.07, 6.45) is 0.792. The summed E-state index contributed by atoms with van der Waals surface area (Å²) in [5.41, 5.74) is 3.86. The molecule has 0 saturated heterocycles. The van der Waals surface area contributed by atoms with Crippen LogP contribution in [-0.2, 0) is 18.4 Å². The Morgan fingerprint density at radius 3 is 2.32 bits per heavy atom. The minimum absolute atomic E-state index is 0. The van der Waals surface area contributed by atoms with Crippen LogP contribution in [0.5, 0.6) is 0 Å². The van der Waals surface area contributed by atoms with Gasteiger partial charge < -0.3 is 14.8 Å². The Hall–Kier alpha value is -1.85. The monoisotopic (exact) mass is 409 g/mol. The van der Waals surface area contributed by atoms with E-state index in [1.807, 2.05) is 44.1 Å². The number of carbonyl (C=O) groups excluding carboxylic acids is 1. The second-order valence-electron chi connectivity index (χ2n) is 8.37. The van der Waals surface area contributed by atoms with E-state index >= 15 is 0 Å². The number of halogens is 2. The standard InChI is InChI=1S/C22H32FN3O.ClH/c1-16-19(21(27)24-12-14-25(5)6)15-20(22(2,3)4)26(16)13-11-17-7-9-18(23)10-8-17;/h7-10,15H,11-14H2,1-6H3,(H,24,27);1H. The Morgan fingerprint density at radius 1 is 1.18 bits per heavy atom. The second kappa shape index (κ2) is 10.1. The Morgan fingerprint density at radius 2 is 1.79 bits per heavy atom. The molecule has 0 atom stereocenters. The number of nitrogens with zero attached hydrogens (tertiary/aromatic N) is 2. The van der Waals surface area contributed by atoms with Crippen LogP contribution in [0.15, 0.2) is 30.3 Å². The van der Waals surface area contributed by atoms with Gasteiger partial charge in [-0.1, -0.05) is 32.9 Å². The first kappa shape index (κ1) is 24.2. The molecule has 2 aromatic rings. The molecule has 0 radical (unpaired) electrons. The summed E-state index contributed by atoms with van der Waals surface area (Å²) in [7, 11) is 3.97. The lowest BCUT2D eigenvalue weighted by atomic mass is 9.91. The van der Waals surface area contributed by atoms with Gasteiger partial charge in [-0.3, -0.25) is 4.79 Å². The molecule has 0 bridgehead atoms. The Labute approximate surface area is 174 Å². The van der Waals surface area contributed by atoms with Gasteiger partial charge in [0.2, 0.25) is 0 Å². The lowest BCUT2D eigenvalue weighted by Crippen LogP contribution is -2.31. The van der Waals surface area contributed by atoms with Gasteiger partial charge in [0.15, 0.2) is 0 Å². The van der Waals surface area contributed by atoms with Gasteiger partial charge in [0.25, 0.3) is 5.91 Å². The first-order chi connectivity index (χ1) is 12.6. The number of amides is 1. The summed E-state index contributed by atoms with van der Waals surface area (Å²) in [5, 5.41) is 3.01. The smallest absolute Gasteiger partial charge is 0.253 e. The Kier molecular flexibility index (Phi) is 8.71. The molecule has 4 nitrogen and oxygen atoms in total. The van der Waals surface area contributed by atoms with Crippen molar-refractivity contribution < 1.29 is 9.18 Å². The molecule has 0 aliphatic heterocycles. The van der Waals surface area contributed by atoms with E-state index in [4.69, 9.17) is 0 Å². The Bertz CT molecular complexity index is 776. The minimum atomic E-state index is -0.219. The summed E-state index contributed by atoms with van der Waals surface area (Å²) in [4.78, 5) is 14.7. The third-order valence-electron chi connectivity index (χ3n) is 4.76. The lowest BCUT2D eigenvalue weighted by molar-refractivity contribution is 0.0950. The predicted octanol–water partition coefficient (Wildman–Crippen LogP) is 4.19. The second-order valence-corrected chi connectivity index (χ2v) is 8.37. The minimum Gasteiger partial charge on any atom is -0.351 e. The SMILES string of the molecule is Cc1c(C(=O)NCCN(C)C)cc(C(C)(C)C)n1CCc1ccc(F)cc1.Cl. The van der Waals surface area contributed by atoms with Crippen LogP contribution in [0.4, 0.5) is 4.39 Å². The molecule has 0 aliphatic rings. The molecule has 0 unspecified atom stereocenters. The molecule has 1 N–H and O–H groups in total. The molecule has 1 heterocycles. The van der Waals surface area contributed by atoms with Crippen LogP contribution in [0.3, 0.4) is 0 Å². The normalized spacial score (nSPS) is 11.4. The number of hydrogen-bond donors (Lipinski definition) is 1. The van der Waals surface area contributed by atoms with Crippen LogP contribution in [0.1, 0.15) is 48.1 Å². The maximum atomic E-state index is 13.1. The first-order valence-corrected chi connectivity index (χ1v) is 9.47. The molecule has 28 heavy (non-hydrogen) atoms. The summed E-state index contributed by atoms with van der Waals surface area (Å²) < 4.78 is 15.4. The average molecular weight is 410 g/mol. The summed E-state index contributed by atoms with van der Waals surface area (Å²) in [6.45, 7) is 10.7. The van der Waals surface area contributed by atoms with E-state index in [0.29, 0.717) is 6.54 Å². The van der Waals surface area contributed by atoms with Crippen LogP contribution in [0.2, 0.25) is 0 Å². The number of nitrogens with one attached hydrogen (secondary N) is 1. The van der Waals surface area contributed by atoms with Gasteiger partial charge in [-0.2, -0.15) is 0 Å². The van der Waals surface area contributed by atoms with Crippen molar-refractivity contribution in [1.29, 1.82) is 0 Å². The van der Waals surface area contributed by atoms with Crippen LogP contribution in [0, 0.1) is 12.7 Å². The quantitative estimate of drug-likeness (QED) is 0.744. The number of aryl methyl sites for hydroxylation is 1. The van der Waals surface area contributed by atoms with Crippen molar-refractivity contribution in [3.8, 4) is 0 Å². The van der Waals surface area contributed by atoms with Gasteiger partial charge in [-0.15, -0.1) is 12.4 Å². The summed E-state index contributed by atoms with van der Waals surface area (Å²) in [5.74, 6) is -0.247. The lowest BCUT2D eigenvalue weighted by Gasteiger charge is -2.22. The number of benzene rings is 1. The molecule has 0 fully saturated rings. The van der Waals surface area contributed by atoms with Gasteiger partial charge in [0.05, 0.1) is 5.56 Å². The van der Waals surface area contributed by atoms with Crippen molar-refractivity contribution in [2.75, 3.05) is 27.2 Å². The van der Waals surface area contributed by atoms with Crippen molar-refractivity contribution in [1.82, 2.24) is 14.8 Å². The number of rotatable bonds is 7. The highest BCUT2D eigenvalue weighted by molar-refractivity contribution is 5.95. The number of aromatic nitrogens is 1. The zero-order valence-corrected chi connectivity index (χ0v) is 18.6. The summed E-state index contributed by atoms with van der Waals surface area (Å²) >= 11 is 0. The van der Waals surface area contributed by atoms with Gasteiger partial charge >= 0.3 is 0 Å². The van der Waals surface area contributed by atoms with E-state index in [0.717, 1.165) is 42.0 Å². The van der Waals surface area contributed by atoms with E-state index in [2.05, 4.69) is 30.7 Å². The third kappa shape index (κ3) is 6.35. The molecular weight excluding hydrogens is 377 g/mol. The molecule has 6 heteroatoms. The van der Waals surface area contributed by atoms with Crippen molar-refractivity contribution >= 4 is 18.3 Å². The highest BCUT2D eigenvalue weighted by Gasteiger charge is 2.24. The molecule has 0 aliphatic carbocycles. The fraction of sp³-hybridized carbons (Fsp3) is 0.500. The number of likely N-dealkylation sites (N-methyl/N-ethyl adjacent to an activating group) is 1. The van der Waals surface area contributed by atoms with Gasteiger partial charge in [-0.05, 0) is 51.2 Å². The van der Waals surface area contributed by atoms with Crippen molar-refractivity contribution in [3.05, 3.63) is 58.7 Å². The highest BCUT2D eigenvalue weighted by Crippen LogP contribution is 2.28. The van der Waals surface area contributed by atoms with E-state index < -0.39 is 0 Å². The number of carbonyl (C=O) groups is 1. The van der Waals surface area contributed by atoms with Crippen LogP contribution in [0.25, 0.3) is 0 Å². The Balaban J connectivity index is 0.00000392. The van der Waals surface area contributed by atoms with Gasteiger partial charge in [-0.25, -0.2) is 4.39 Å². The molecule has 1 aromatic heterocycles. The van der Waals surface area contributed by atoms with Gasteiger partial charge in [0, 0.05) is 36.4 Å². The maximum absolute atomic E-state index is 13.1. The zero-order valence-electron chi connectivity index (χ0n) is 17.8.